The molecule has 0 saturated heterocycles. The number of nitrogens with one attached hydrogen (secondary N) is 2. The van der Waals surface area contributed by atoms with E-state index >= 15 is 0 Å². The van der Waals surface area contributed by atoms with Gasteiger partial charge in [-0.25, -0.2) is 9.97 Å². The zero-order valence-corrected chi connectivity index (χ0v) is 14.5. The molecule has 0 unspecified atom stereocenters. The number of H-pyrrole nitrogens is 1. The van der Waals surface area contributed by atoms with Crippen LogP contribution in [0.15, 0.2) is 67.0 Å². The average molecular weight is 349 g/mol. The molecule has 4 nitrogen and oxygen atoms in total. The Morgan fingerprint density at radius 2 is 1.76 bits per heavy atom. The summed E-state index contributed by atoms with van der Waals surface area (Å²) >= 11 is 5.98. The second-order valence-electron chi connectivity index (χ2n) is 5.95. The van der Waals surface area contributed by atoms with E-state index in [1.54, 1.807) is 6.33 Å². The van der Waals surface area contributed by atoms with Crippen molar-refractivity contribution in [3.05, 3.63) is 77.6 Å². The molecule has 2 aromatic carbocycles. The number of hydrogen-bond acceptors (Lipinski definition) is 3. The van der Waals surface area contributed by atoms with E-state index in [2.05, 4.69) is 45.4 Å². The molecule has 2 aromatic heterocycles. The van der Waals surface area contributed by atoms with E-state index in [1.807, 2.05) is 42.5 Å². The lowest BCUT2D eigenvalue weighted by atomic mass is 10.1. The fraction of sp³-hybridized carbons (Fsp3) is 0.100. The summed E-state index contributed by atoms with van der Waals surface area (Å²) in [4.78, 5) is 12.1. The molecule has 0 amide bonds. The predicted molar refractivity (Wildman–Crippen MR) is 103 cm³/mol. The Bertz CT molecular complexity index is 993. The summed E-state index contributed by atoms with van der Waals surface area (Å²) in [6.45, 7) is 2.12. The fourth-order valence-electron chi connectivity index (χ4n) is 2.87. The first-order valence-corrected chi connectivity index (χ1v) is 8.49. The van der Waals surface area contributed by atoms with Crippen molar-refractivity contribution in [3.8, 4) is 11.3 Å². The van der Waals surface area contributed by atoms with Gasteiger partial charge in [-0.05, 0) is 36.2 Å². The highest BCUT2D eigenvalue weighted by Gasteiger charge is 2.12. The van der Waals surface area contributed by atoms with Gasteiger partial charge in [0.15, 0.2) is 0 Å². The molecule has 2 N–H and O–H groups in total. The van der Waals surface area contributed by atoms with Crippen molar-refractivity contribution in [1.29, 1.82) is 0 Å². The van der Waals surface area contributed by atoms with Gasteiger partial charge in [-0.1, -0.05) is 54.1 Å². The number of anilines is 1. The largest absolute Gasteiger partial charge is 0.363 e. The minimum atomic E-state index is 0.146. The number of hydrogen-bond donors (Lipinski definition) is 2. The van der Waals surface area contributed by atoms with E-state index in [0.29, 0.717) is 0 Å². The van der Waals surface area contributed by atoms with E-state index < -0.39 is 0 Å². The van der Waals surface area contributed by atoms with Crippen molar-refractivity contribution in [2.24, 2.45) is 0 Å². The number of benzene rings is 2. The lowest BCUT2D eigenvalue weighted by Gasteiger charge is -2.15. The van der Waals surface area contributed by atoms with Crippen molar-refractivity contribution < 1.29 is 0 Å². The molecular formula is C20H17ClN4. The van der Waals surface area contributed by atoms with Gasteiger partial charge in [0.25, 0.3) is 0 Å². The number of fused-ring (bicyclic) bond motifs is 1. The standard InChI is InChI=1S/C20H17ClN4/c1-13(14-5-3-2-4-6-14)24-19-17-11-18(25-20(17)23-12-22-19)15-7-9-16(21)10-8-15/h2-13H,1H3,(H2,22,23,24,25)/t13-/m1/s1. The van der Waals surface area contributed by atoms with Gasteiger partial charge in [-0.15, -0.1) is 0 Å². The number of nitrogens with zero attached hydrogens (tertiary/aromatic N) is 2. The predicted octanol–water partition coefficient (Wildman–Crippen LogP) is 5.45. The highest BCUT2D eigenvalue weighted by molar-refractivity contribution is 6.30. The van der Waals surface area contributed by atoms with Crippen molar-refractivity contribution in [2.45, 2.75) is 13.0 Å². The SMILES string of the molecule is C[C@@H](Nc1ncnc2[nH]c(-c3ccc(Cl)cc3)cc12)c1ccccc1. The highest BCUT2D eigenvalue weighted by Crippen LogP contribution is 2.29. The zero-order valence-electron chi connectivity index (χ0n) is 13.7. The van der Waals surface area contributed by atoms with Crippen LogP contribution in [0.3, 0.4) is 0 Å². The van der Waals surface area contributed by atoms with Crippen LogP contribution in [0.4, 0.5) is 5.82 Å². The van der Waals surface area contributed by atoms with Crippen LogP contribution in [0, 0.1) is 0 Å². The molecule has 124 valence electrons. The first-order valence-electron chi connectivity index (χ1n) is 8.12. The molecule has 1 atom stereocenters. The van der Waals surface area contributed by atoms with Gasteiger partial charge in [-0.3, -0.25) is 0 Å². The molecule has 4 aromatic rings. The maximum atomic E-state index is 5.98. The Kier molecular flexibility index (Phi) is 4.12. The van der Waals surface area contributed by atoms with E-state index in [9.17, 15) is 0 Å². The van der Waals surface area contributed by atoms with Crippen LogP contribution in [-0.4, -0.2) is 15.0 Å². The Morgan fingerprint density at radius 1 is 1.00 bits per heavy atom. The fourth-order valence-corrected chi connectivity index (χ4v) is 3.00. The molecule has 0 aliphatic carbocycles. The Labute approximate surface area is 150 Å². The maximum Gasteiger partial charge on any atom is 0.143 e. The minimum Gasteiger partial charge on any atom is -0.363 e. The third kappa shape index (κ3) is 3.21. The summed E-state index contributed by atoms with van der Waals surface area (Å²) in [5, 5.41) is 5.17. The molecule has 4 rings (SSSR count). The van der Waals surface area contributed by atoms with Gasteiger partial charge >= 0.3 is 0 Å². The van der Waals surface area contributed by atoms with Crippen LogP contribution in [-0.2, 0) is 0 Å². The molecular weight excluding hydrogens is 332 g/mol. The normalized spacial score (nSPS) is 12.2. The molecule has 0 radical (unpaired) electrons. The van der Waals surface area contributed by atoms with E-state index in [4.69, 9.17) is 11.6 Å². The third-order valence-corrected chi connectivity index (χ3v) is 4.49. The quantitative estimate of drug-likeness (QED) is 0.515. The number of aromatic amines is 1. The van der Waals surface area contributed by atoms with Gasteiger partial charge in [0.1, 0.15) is 17.8 Å². The van der Waals surface area contributed by atoms with Gasteiger partial charge in [0.2, 0.25) is 0 Å². The summed E-state index contributed by atoms with van der Waals surface area (Å²) in [5.41, 5.74) is 4.07. The molecule has 5 heteroatoms. The molecule has 2 heterocycles. The lowest BCUT2D eigenvalue weighted by molar-refractivity contribution is 0.876. The van der Waals surface area contributed by atoms with Crippen LogP contribution >= 0.6 is 11.6 Å². The Hall–Kier alpha value is -2.85. The van der Waals surface area contributed by atoms with Crippen molar-refractivity contribution >= 4 is 28.5 Å². The van der Waals surface area contributed by atoms with Gasteiger partial charge < -0.3 is 10.3 Å². The third-order valence-electron chi connectivity index (χ3n) is 4.23. The van der Waals surface area contributed by atoms with Crippen LogP contribution < -0.4 is 5.32 Å². The molecule has 0 spiro atoms. The smallest absolute Gasteiger partial charge is 0.143 e. The van der Waals surface area contributed by atoms with Gasteiger partial charge in [0.05, 0.1) is 5.39 Å². The number of halogens is 1. The second-order valence-corrected chi connectivity index (χ2v) is 6.39. The minimum absolute atomic E-state index is 0.146. The monoisotopic (exact) mass is 348 g/mol. The zero-order chi connectivity index (χ0) is 17.2. The van der Waals surface area contributed by atoms with Gasteiger partial charge in [-0.2, -0.15) is 0 Å². The molecule has 0 bridgehead atoms. The molecule has 0 aliphatic heterocycles. The van der Waals surface area contributed by atoms with Crippen molar-refractivity contribution in [2.75, 3.05) is 5.32 Å². The topological polar surface area (TPSA) is 53.6 Å². The van der Waals surface area contributed by atoms with Gasteiger partial charge in [0, 0.05) is 16.8 Å². The average Bonchev–Trinajstić information content (AvgIpc) is 3.08. The van der Waals surface area contributed by atoms with E-state index in [0.717, 1.165) is 33.1 Å². The Morgan fingerprint density at radius 3 is 2.52 bits per heavy atom. The maximum absolute atomic E-state index is 5.98. The van der Waals surface area contributed by atoms with Crippen LogP contribution in [0.1, 0.15) is 18.5 Å². The second kappa shape index (κ2) is 6.57. The summed E-state index contributed by atoms with van der Waals surface area (Å²) in [5.74, 6) is 0.817. The first-order chi connectivity index (χ1) is 12.2. The van der Waals surface area contributed by atoms with Crippen LogP contribution in [0.5, 0.6) is 0 Å². The molecule has 0 saturated carbocycles. The van der Waals surface area contributed by atoms with Crippen LogP contribution in [0.2, 0.25) is 5.02 Å². The van der Waals surface area contributed by atoms with E-state index in [1.165, 1.54) is 5.56 Å². The molecule has 0 fully saturated rings. The summed E-state index contributed by atoms with van der Waals surface area (Å²) in [7, 11) is 0. The Balaban J connectivity index is 1.69. The molecule has 0 aliphatic rings. The summed E-state index contributed by atoms with van der Waals surface area (Å²) in [6, 6.07) is 20.3. The summed E-state index contributed by atoms with van der Waals surface area (Å²) < 4.78 is 0. The first kappa shape index (κ1) is 15.7. The van der Waals surface area contributed by atoms with Crippen molar-refractivity contribution in [3.63, 3.8) is 0 Å². The molecule has 25 heavy (non-hydrogen) atoms. The van der Waals surface area contributed by atoms with Crippen molar-refractivity contribution in [1.82, 2.24) is 15.0 Å². The number of aromatic nitrogens is 3. The summed E-state index contributed by atoms with van der Waals surface area (Å²) in [6.07, 6.45) is 1.57. The lowest BCUT2D eigenvalue weighted by Crippen LogP contribution is -2.08. The number of rotatable bonds is 4. The van der Waals surface area contributed by atoms with Crippen LogP contribution in [0.25, 0.3) is 22.3 Å². The van der Waals surface area contributed by atoms with E-state index in [-0.39, 0.29) is 6.04 Å². The highest BCUT2D eigenvalue weighted by atomic mass is 35.5.